The molecular weight excluding hydrogens is 210 g/mol. The van der Waals surface area contributed by atoms with Gasteiger partial charge in [0.25, 0.3) is 0 Å². The Labute approximate surface area is 95.6 Å². The molecule has 0 saturated heterocycles. The minimum atomic E-state index is 0.441. The summed E-state index contributed by atoms with van der Waals surface area (Å²) in [4.78, 5) is 0. The molecule has 2 nitrogen and oxygen atoms in total. The Hall–Kier alpha value is -0.730. The van der Waals surface area contributed by atoms with Crippen LogP contribution in [0.1, 0.15) is 24.4 Å². The van der Waals surface area contributed by atoms with Crippen LogP contribution in [0.15, 0.2) is 18.2 Å². The number of ether oxygens (including phenoxy) is 1. The van der Waals surface area contributed by atoms with Gasteiger partial charge in [0.15, 0.2) is 0 Å². The van der Waals surface area contributed by atoms with E-state index in [0.29, 0.717) is 11.1 Å². The van der Waals surface area contributed by atoms with E-state index in [4.69, 9.17) is 16.3 Å². The molecule has 0 spiro atoms. The number of rotatable bonds is 4. The van der Waals surface area contributed by atoms with E-state index in [-0.39, 0.29) is 0 Å². The zero-order valence-electron chi connectivity index (χ0n) is 9.09. The first-order chi connectivity index (χ1) is 7.26. The van der Waals surface area contributed by atoms with Gasteiger partial charge in [-0.15, -0.1) is 0 Å². The quantitative estimate of drug-likeness (QED) is 0.851. The van der Waals surface area contributed by atoms with Crippen LogP contribution in [0, 0.1) is 5.92 Å². The van der Waals surface area contributed by atoms with E-state index < -0.39 is 0 Å². The minimum Gasteiger partial charge on any atom is -0.495 e. The first-order valence-corrected chi connectivity index (χ1v) is 5.64. The predicted molar refractivity (Wildman–Crippen MR) is 62.5 cm³/mol. The fourth-order valence-electron chi connectivity index (χ4n) is 1.97. The van der Waals surface area contributed by atoms with Gasteiger partial charge in [-0.3, -0.25) is 0 Å². The third-order valence-electron chi connectivity index (χ3n) is 2.94. The van der Waals surface area contributed by atoms with Crippen LogP contribution in [0.4, 0.5) is 0 Å². The third kappa shape index (κ3) is 2.27. The lowest BCUT2D eigenvalue weighted by Gasteiger charge is -2.17. The van der Waals surface area contributed by atoms with Crippen molar-refractivity contribution in [3.05, 3.63) is 28.8 Å². The molecule has 1 saturated carbocycles. The molecule has 1 N–H and O–H groups in total. The van der Waals surface area contributed by atoms with E-state index in [1.807, 2.05) is 19.2 Å². The van der Waals surface area contributed by atoms with Crippen LogP contribution in [0.3, 0.4) is 0 Å². The van der Waals surface area contributed by atoms with Crippen molar-refractivity contribution in [1.29, 1.82) is 0 Å². The average molecular weight is 226 g/mol. The molecule has 1 fully saturated rings. The number of nitrogens with one attached hydrogen (secondary N) is 1. The van der Waals surface area contributed by atoms with Crippen LogP contribution >= 0.6 is 11.6 Å². The normalized spacial score (nSPS) is 17.5. The minimum absolute atomic E-state index is 0.441. The van der Waals surface area contributed by atoms with Crippen LogP contribution in [0.2, 0.25) is 5.02 Å². The number of benzene rings is 1. The van der Waals surface area contributed by atoms with Gasteiger partial charge in [-0.25, -0.2) is 0 Å². The summed E-state index contributed by atoms with van der Waals surface area (Å²) in [5, 5.41) is 4.03. The van der Waals surface area contributed by atoms with Gasteiger partial charge >= 0.3 is 0 Å². The zero-order chi connectivity index (χ0) is 10.8. The molecule has 15 heavy (non-hydrogen) atoms. The molecule has 1 aliphatic carbocycles. The second kappa shape index (κ2) is 4.42. The van der Waals surface area contributed by atoms with Gasteiger partial charge in [-0.2, -0.15) is 0 Å². The molecule has 82 valence electrons. The van der Waals surface area contributed by atoms with E-state index in [2.05, 4.69) is 11.4 Å². The van der Waals surface area contributed by atoms with Crippen LogP contribution in [0.5, 0.6) is 5.75 Å². The van der Waals surface area contributed by atoms with E-state index in [0.717, 1.165) is 11.7 Å². The second-order valence-corrected chi connectivity index (χ2v) is 4.40. The lowest BCUT2D eigenvalue weighted by atomic mass is 10.0. The Morgan fingerprint density at radius 1 is 1.47 bits per heavy atom. The van der Waals surface area contributed by atoms with Gasteiger partial charge in [-0.1, -0.05) is 17.7 Å². The highest BCUT2D eigenvalue weighted by atomic mass is 35.5. The summed E-state index contributed by atoms with van der Waals surface area (Å²) < 4.78 is 5.22. The van der Waals surface area contributed by atoms with Crippen LogP contribution < -0.4 is 10.1 Å². The fourth-order valence-corrected chi connectivity index (χ4v) is 2.17. The molecule has 0 amide bonds. The maximum absolute atomic E-state index is 5.99. The van der Waals surface area contributed by atoms with Crippen molar-refractivity contribution in [2.45, 2.75) is 18.9 Å². The highest BCUT2D eigenvalue weighted by Crippen LogP contribution is 2.42. The molecule has 0 aromatic heterocycles. The standard InChI is InChI=1S/C12H16ClNO/c1-14-12(8-3-4-8)9-5-6-10(13)11(7-9)15-2/h5-8,12,14H,3-4H2,1-2H3. The van der Waals surface area contributed by atoms with Gasteiger partial charge in [0.2, 0.25) is 0 Å². The summed E-state index contributed by atoms with van der Waals surface area (Å²) in [7, 11) is 3.65. The maximum Gasteiger partial charge on any atom is 0.137 e. The Morgan fingerprint density at radius 3 is 2.73 bits per heavy atom. The Bertz CT molecular complexity index is 349. The summed E-state index contributed by atoms with van der Waals surface area (Å²) in [6, 6.07) is 6.45. The number of hydrogen-bond acceptors (Lipinski definition) is 2. The second-order valence-electron chi connectivity index (χ2n) is 4.00. The summed E-state index contributed by atoms with van der Waals surface area (Å²) in [6.45, 7) is 0. The SMILES string of the molecule is CNC(c1ccc(Cl)c(OC)c1)C1CC1. The maximum atomic E-state index is 5.99. The molecule has 1 unspecified atom stereocenters. The van der Waals surface area contributed by atoms with Crippen molar-refractivity contribution in [2.75, 3.05) is 14.2 Å². The van der Waals surface area contributed by atoms with Crippen LogP contribution in [-0.4, -0.2) is 14.2 Å². The van der Waals surface area contributed by atoms with E-state index in [9.17, 15) is 0 Å². The number of methoxy groups -OCH3 is 1. The molecule has 1 atom stereocenters. The van der Waals surface area contributed by atoms with Crippen molar-refractivity contribution >= 4 is 11.6 Å². The van der Waals surface area contributed by atoms with Crippen LogP contribution in [-0.2, 0) is 0 Å². The molecule has 0 bridgehead atoms. The molecule has 1 aromatic rings. The zero-order valence-corrected chi connectivity index (χ0v) is 9.84. The molecule has 1 aromatic carbocycles. The highest BCUT2D eigenvalue weighted by molar-refractivity contribution is 6.32. The largest absolute Gasteiger partial charge is 0.495 e. The van der Waals surface area contributed by atoms with Gasteiger partial charge < -0.3 is 10.1 Å². The first-order valence-electron chi connectivity index (χ1n) is 5.27. The van der Waals surface area contributed by atoms with Gasteiger partial charge in [0.05, 0.1) is 12.1 Å². The summed E-state index contributed by atoms with van der Waals surface area (Å²) >= 11 is 5.99. The van der Waals surface area contributed by atoms with Gasteiger partial charge in [-0.05, 0) is 43.5 Å². The van der Waals surface area contributed by atoms with Crippen molar-refractivity contribution in [2.24, 2.45) is 5.92 Å². The predicted octanol–water partition coefficient (Wildman–Crippen LogP) is 3.02. The monoisotopic (exact) mass is 225 g/mol. The fraction of sp³-hybridized carbons (Fsp3) is 0.500. The highest BCUT2D eigenvalue weighted by Gasteiger charge is 2.31. The van der Waals surface area contributed by atoms with E-state index in [1.54, 1.807) is 7.11 Å². The van der Waals surface area contributed by atoms with Crippen LogP contribution in [0.25, 0.3) is 0 Å². The lowest BCUT2D eigenvalue weighted by molar-refractivity contribution is 0.412. The molecule has 1 aliphatic rings. The first kappa shape index (κ1) is 10.8. The van der Waals surface area contributed by atoms with E-state index >= 15 is 0 Å². The molecule has 2 rings (SSSR count). The average Bonchev–Trinajstić information content (AvgIpc) is 3.06. The lowest BCUT2D eigenvalue weighted by Crippen LogP contribution is -2.18. The molecule has 3 heteroatoms. The summed E-state index contributed by atoms with van der Waals surface area (Å²) in [6.07, 6.45) is 2.63. The molecule has 0 aliphatic heterocycles. The van der Waals surface area contributed by atoms with Gasteiger partial charge in [0, 0.05) is 6.04 Å². The third-order valence-corrected chi connectivity index (χ3v) is 3.25. The summed E-state index contributed by atoms with van der Waals surface area (Å²) in [5.41, 5.74) is 1.27. The smallest absolute Gasteiger partial charge is 0.137 e. The topological polar surface area (TPSA) is 21.3 Å². The van der Waals surface area contributed by atoms with Crippen molar-refractivity contribution in [3.63, 3.8) is 0 Å². The van der Waals surface area contributed by atoms with E-state index in [1.165, 1.54) is 18.4 Å². The van der Waals surface area contributed by atoms with Gasteiger partial charge in [0.1, 0.15) is 5.75 Å². The Morgan fingerprint density at radius 2 is 2.20 bits per heavy atom. The van der Waals surface area contributed by atoms with Crippen molar-refractivity contribution < 1.29 is 4.74 Å². The molecular formula is C12H16ClNO. The summed E-state index contributed by atoms with van der Waals surface area (Å²) in [5.74, 6) is 1.54. The number of hydrogen-bond donors (Lipinski definition) is 1. The Balaban J connectivity index is 2.26. The molecule has 0 radical (unpaired) electrons. The van der Waals surface area contributed by atoms with Crippen molar-refractivity contribution in [1.82, 2.24) is 5.32 Å². The molecule has 0 heterocycles. The number of halogens is 1. The Kier molecular flexibility index (Phi) is 3.17. The van der Waals surface area contributed by atoms with Crippen molar-refractivity contribution in [3.8, 4) is 5.75 Å².